The molecule has 3 nitrogen and oxygen atoms in total. The molecule has 0 amide bonds. The van der Waals surface area contributed by atoms with E-state index in [2.05, 4.69) is 101 Å². The highest BCUT2D eigenvalue weighted by atomic mass is 16.3. The van der Waals surface area contributed by atoms with Crippen LogP contribution < -0.4 is 0 Å². The number of nitrogens with zero attached hydrogens (tertiary/aromatic N) is 2. The van der Waals surface area contributed by atoms with Crippen LogP contribution in [0.1, 0.15) is 51.6 Å². The van der Waals surface area contributed by atoms with Gasteiger partial charge >= 0.3 is 0 Å². The second-order valence-electron chi connectivity index (χ2n) is 11.5. The number of aromatic nitrogens is 2. The van der Waals surface area contributed by atoms with E-state index in [1.807, 2.05) is 6.92 Å². The predicted octanol–water partition coefficient (Wildman–Crippen LogP) is 9.15. The second kappa shape index (κ2) is 8.16. The van der Waals surface area contributed by atoms with Gasteiger partial charge in [0, 0.05) is 16.3 Å². The van der Waals surface area contributed by atoms with Gasteiger partial charge in [0.25, 0.3) is 0 Å². The van der Waals surface area contributed by atoms with Crippen molar-refractivity contribution < 1.29 is 4.42 Å². The maximum atomic E-state index is 6.56. The normalized spacial score (nSPS) is 12.5. The fourth-order valence-corrected chi connectivity index (χ4v) is 5.57. The lowest BCUT2D eigenvalue weighted by Crippen LogP contribution is -2.12. The molecule has 0 unspecified atom stereocenters. The summed E-state index contributed by atoms with van der Waals surface area (Å²) >= 11 is 0. The molecule has 0 saturated carbocycles. The number of hydrogen-bond donors (Lipinski definition) is 0. The zero-order valence-electron chi connectivity index (χ0n) is 21.9. The summed E-state index contributed by atoms with van der Waals surface area (Å²) in [6.45, 7) is 13.3. The van der Waals surface area contributed by atoms with E-state index in [1.165, 1.54) is 32.7 Å². The van der Waals surface area contributed by atoms with Crippen molar-refractivity contribution in [3.8, 4) is 11.3 Å². The molecular formula is C33H32N2O. The summed E-state index contributed by atoms with van der Waals surface area (Å²) in [5.74, 6) is 1.27. The van der Waals surface area contributed by atoms with Crippen molar-refractivity contribution in [2.24, 2.45) is 5.92 Å². The van der Waals surface area contributed by atoms with Crippen molar-refractivity contribution in [1.29, 1.82) is 0 Å². The summed E-state index contributed by atoms with van der Waals surface area (Å²) in [6, 6.07) is 24.1. The Bertz CT molecular complexity index is 1780. The minimum atomic E-state index is -0.00276. The third kappa shape index (κ3) is 3.65. The van der Waals surface area contributed by atoms with E-state index in [1.54, 1.807) is 0 Å². The lowest BCUT2D eigenvalue weighted by Gasteiger charge is -2.23. The van der Waals surface area contributed by atoms with Crippen LogP contribution in [0.3, 0.4) is 0 Å². The van der Waals surface area contributed by atoms with Gasteiger partial charge < -0.3 is 4.42 Å². The van der Waals surface area contributed by atoms with Gasteiger partial charge in [0.1, 0.15) is 11.4 Å². The molecule has 2 aromatic heterocycles. The quantitative estimate of drug-likeness (QED) is 0.258. The molecule has 0 spiro atoms. The van der Waals surface area contributed by atoms with Crippen molar-refractivity contribution in [3.63, 3.8) is 0 Å². The van der Waals surface area contributed by atoms with Crippen LogP contribution in [-0.2, 0) is 11.8 Å². The first-order chi connectivity index (χ1) is 17.2. The van der Waals surface area contributed by atoms with Crippen LogP contribution in [0.4, 0.5) is 0 Å². The number of hydrogen-bond acceptors (Lipinski definition) is 3. The van der Waals surface area contributed by atoms with Gasteiger partial charge in [-0.2, -0.15) is 4.98 Å². The highest BCUT2D eigenvalue weighted by molar-refractivity contribution is 6.18. The van der Waals surface area contributed by atoms with E-state index in [-0.39, 0.29) is 5.41 Å². The van der Waals surface area contributed by atoms with E-state index in [9.17, 15) is 0 Å². The van der Waals surface area contributed by atoms with Crippen LogP contribution in [0.15, 0.2) is 71.1 Å². The topological polar surface area (TPSA) is 38.9 Å². The van der Waals surface area contributed by atoms with Crippen LogP contribution in [-0.4, -0.2) is 9.97 Å². The number of furan rings is 1. The molecule has 3 heteroatoms. The molecule has 0 aliphatic rings. The SMILES string of the molecule is Cc1nc(-c2cc(C(C)(C)C)c3ccccc3c2)c2c(n1)oc1c2ccc2cccc(CC(C)C)c21. The summed E-state index contributed by atoms with van der Waals surface area (Å²) in [7, 11) is 0. The predicted molar refractivity (Wildman–Crippen MR) is 152 cm³/mol. The largest absolute Gasteiger partial charge is 0.437 e. The van der Waals surface area contributed by atoms with E-state index in [4.69, 9.17) is 14.4 Å². The molecule has 0 fully saturated rings. The van der Waals surface area contributed by atoms with Gasteiger partial charge in [0.15, 0.2) is 0 Å². The Morgan fingerprint density at radius 3 is 2.36 bits per heavy atom. The average molecular weight is 473 g/mol. The molecule has 0 aliphatic heterocycles. The number of rotatable bonds is 3. The Labute approximate surface area is 212 Å². The van der Waals surface area contributed by atoms with Gasteiger partial charge in [-0.25, -0.2) is 4.98 Å². The third-order valence-corrected chi connectivity index (χ3v) is 7.11. The fourth-order valence-electron chi connectivity index (χ4n) is 5.57. The van der Waals surface area contributed by atoms with Crippen molar-refractivity contribution in [2.45, 2.75) is 53.4 Å². The second-order valence-corrected chi connectivity index (χ2v) is 11.5. The fraction of sp³-hybridized carbons (Fsp3) is 0.273. The number of benzene rings is 4. The van der Waals surface area contributed by atoms with E-state index in [0.29, 0.717) is 17.5 Å². The van der Waals surface area contributed by atoms with E-state index >= 15 is 0 Å². The molecule has 0 N–H and O–H groups in total. The van der Waals surface area contributed by atoms with Gasteiger partial charge in [-0.3, -0.25) is 0 Å². The van der Waals surface area contributed by atoms with Crippen LogP contribution in [0.25, 0.3) is 54.9 Å². The van der Waals surface area contributed by atoms with E-state index < -0.39 is 0 Å². The van der Waals surface area contributed by atoms with Gasteiger partial charge in [0.2, 0.25) is 5.71 Å². The van der Waals surface area contributed by atoms with Crippen molar-refractivity contribution >= 4 is 43.6 Å². The Balaban J connectivity index is 1.72. The molecule has 2 heterocycles. The summed E-state index contributed by atoms with van der Waals surface area (Å²) in [5.41, 5.74) is 6.25. The Hall–Kier alpha value is -3.72. The summed E-state index contributed by atoms with van der Waals surface area (Å²) < 4.78 is 6.56. The molecule has 6 rings (SSSR count). The molecular weight excluding hydrogens is 440 g/mol. The Morgan fingerprint density at radius 1 is 0.806 bits per heavy atom. The van der Waals surface area contributed by atoms with Crippen LogP contribution >= 0.6 is 0 Å². The highest BCUT2D eigenvalue weighted by Crippen LogP contribution is 2.41. The zero-order valence-corrected chi connectivity index (χ0v) is 21.9. The van der Waals surface area contributed by atoms with E-state index in [0.717, 1.165) is 34.0 Å². The molecule has 0 aliphatic carbocycles. The summed E-state index contributed by atoms with van der Waals surface area (Å²) in [6.07, 6.45) is 1.00. The highest BCUT2D eigenvalue weighted by Gasteiger charge is 2.22. The maximum absolute atomic E-state index is 6.56. The van der Waals surface area contributed by atoms with Gasteiger partial charge in [-0.15, -0.1) is 0 Å². The van der Waals surface area contributed by atoms with Gasteiger partial charge in [-0.1, -0.05) is 83.1 Å². The van der Waals surface area contributed by atoms with Crippen LogP contribution in [0, 0.1) is 12.8 Å². The molecule has 36 heavy (non-hydrogen) atoms. The maximum Gasteiger partial charge on any atom is 0.231 e. The zero-order chi connectivity index (χ0) is 25.2. The summed E-state index contributed by atoms with van der Waals surface area (Å²) in [5, 5.41) is 6.98. The smallest absolute Gasteiger partial charge is 0.231 e. The first kappa shape index (κ1) is 22.7. The van der Waals surface area contributed by atoms with Crippen molar-refractivity contribution in [2.75, 3.05) is 0 Å². The van der Waals surface area contributed by atoms with Crippen molar-refractivity contribution in [1.82, 2.24) is 9.97 Å². The molecule has 0 radical (unpaired) electrons. The van der Waals surface area contributed by atoms with Crippen LogP contribution in [0.5, 0.6) is 0 Å². The monoisotopic (exact) mass is 472 g/mol. The summed E-state index contributed by atoms with van der Waals surface area (Å²) in [4.78, 5) is 9.76. The number of fused-ring (bicyclic) bond motifs is 6. The van der Waals surface area contributed by atoms with Gasteiger partial charge in [0.05, 0.1) is 11.1 Å². The van der Waals surface area contributed by atoms with Gasteiger partial charge in [-0.05, 0) is 70.2 Å². The average Bonchev–Trinajstić information content (AvgIpc) is 3.20. The molecule has 6 aromatic rings. The third-order valence-electron chi connectivity index (χ3n) is 7.11. The molecule has 0 atom stereocenters. The standard InChI is InChI=1S/C33H32N2O/c1-19(2)16-23-12-9-11-21-14-15-26-29-30(34-20(3)35-32(29)36-31(26)28(21)23)24-17-22-10-7-8-13-25(22)27(18-24)33(4,5)6/h7-15,17-19H,16H2,1-6H3. The molecule has 0 saturated heterocycles. The first-order valence-corrected chi connectivity index (χ1v) is 12.9. The molecule has 4 aromatic carbocycles. The minimum Gasteiger partial charge on any atom is -0.437 e. The lowest BCUT2D eigenvalue weighted by molar-refractivity contribution is 0.596. The minimum absolute atomic E-state index is 0.00276. The van der Waals surface area contributed by atoms with Crippen LogP contribution in [0.2, 0.25) is 0 Å². The molecule has 180 valence electrons. The Morgan fingerprint density at radius 2 is 1.58 bits per heavy atom. The Kier molecular flexibility index (Phi) is 5.15. The lowest BCUT2D eigenvalue weighted by atomic mass is 9.82. The molecule has 0 bridgehead atoms. The number of aryl methyl sites for hydroxylation is 1. The van der Waals surface area contributed by atoms with Crippen molar-refractivity contribution in [3.05, 3.63) is 83.7 Å². The first-order valence-electron chi connectivity index (χ1n) is 12.9.